The Morgan fingerprint density at radius 1 is 1.00 bits per heavy atom. The van der Waals surface area contributed by atoms with E-state index in [0.29, 0.717) is 26.4 Å². The Balaban J connectivity index is 3.35. The molecule has 0 heterocycles. The van der Waals surface area contributed by atoms with Gasteiger partial charge in [0.1, 0.15) is 0 Å². The third kappa shape index (κ3) is 10.5. The van der Waals surface area contributed by atoms with Crippen LogP contribution in [0.25, 0.3) is 0 Å². The summed E-state index contributed by atoms with van der Waals surface area (Å²) in [6.07, 6.45) is 0.879. The molecule has 0 aromatic rings. The molecule has 0 spiro atoms. The van der Waals surface area contributed by atoms with E-state index < -0.39 is 0 Å². The predicted molar refractivity (Wildman–Crippen MR) is 73.6 cm³/mol. The van der Waals surface area contributed by atoms with Crippen molar-refractivity contribution in [3.05, 3.63) is 0 Å². The summed E-state index contributed by atoms with van der Waals surface area (Å²) < 4.78 is 11.0. The van der Waals surface area contributed by atoms with Crippen molar-refractivity contribution >= 4 is 5.91 Å². The zero-order valence-electron chi connectivity index (χ0n) is 12.8. The zero-order valence-corrected chi connectivity index (χ0v) is 12.8. The number of nitrogens with one attached hydrogen (secondary N) is 1. The Hall–Kier alpha value is -0.610. The Morgan fingerprint density at radius 2 is 1.61 bits per heavy atom. The molecule has 4 heteroatoms. The van der Waals surface area contributed by atoms with Crippen LogP contribution in [-0.2, 0) is 14.3 Å². The van der Waals surface area contributed by atoms with E-state index in [9.17, 15) is 4.79 Å². The van der Waals surface area contributed by atoms with Crippen LogP contribution in [0.5, 0.6) is 0 Å². The maximum absolute atomic E-state index is 11.5. The third-order valence-electron chi connectivity index (χ3n) is 2.18. The summed E-state index contributed by atoms with van der Waals surface area (Å²) in [6.45, 7) is 14.3. The van der Waals surface area contributed by atoms with Gasteiger partial charge in [0.2, 0.25) is 5.91 Å². The van der Waals surface area contributed by atoms with Gasteiger partial charge in [0.05, 0.1) is 12.2 Å². The van der Waals surface area contributed by atoms with Gasteiger partial charge in [-0.15, -0.1) is 0 Å². The fourth-order valence-corrected chi connectivity index (χ4v) is 1.14. The van der Waals surface area contributed by atoms with Gasteiger partial charge in [0, 0.05) is 25.2 Å². The van der Waals surface area contributed by atoms with Crippen molar-refractivity contribution < 1.29 is 14.3 Å². The van der Waals surface area contributed by atoms with E-state index in [2.05, 4.69) is 5.32 Å². The van der Waals surface area contributed by atoms with Crippen molar-refractivity contribution in [1.29, 1.82) is 0 Å². The Bertz CT molecular complexity index is 238. The normalized spacial score (nSPS) is 12.6. The number of amides is 1. The molecule has 0 unspecified atom stereocenters. The summed E-state index contributed by atoms with van der Waals surface area (Å²) in [6, 6.07) is 0. The Kier molecular flexibility index (Phi) is 7.48. The minimum absolute atomic E-state index is 0.0576. The smallest absolute Gasteiger partial charge is 0.225 e. The highest BCUT2D eigenvalue weighted by Crippen LogP contribution is 2.11. The molecule has 1 N–H and O–H groups in total. The van der Waals surface area contributed by atoms with Crippen molar-refractivity contribution in [2.24, 2.45) is 5.41 Å². The fraction of sp³-hybridized carbons (Fsp3) is 0.929. The number of hydrogen-bond donors (Lipinski definition) is 1. The summed E-state index contributed by atoms with van der Waals surface area (Å²) in [5.41, 5.74) is -0.415. The van der Waals surface area contributed by atoms with Gasteiger partial charge in [-0.05, 0) is 27.2 Å². The van der Waals surface area contributed by atoms with Gasteiger partial charge in [-0.2, -0.15) is 0 Å². The third-order valence-corrected chi connectivity index (χ3v) is 2.18. The number of carbonyl (C=O) groups excluding carboxylic acids is 1. The quantitative estimate of drug-likeness (QED) is 0.714. The molecule has 0 atom stereocenters. The van der Waals surface area contributed by atoms with Gasteiger partial charge in [-0.1, -0.05) is 20.8 Å². The van der Waals surface area contributed by atoms with Crippen LogP contribution in [0.3, 0.4) is 0 Å². The molecule has 0 aliphatic rings. The number of hydrogen-bond acceptors (Lipinski definition) is 3. The monoisotopic (exact) mass is 259 g/mol. The molecule has 0 radical (unpaired) electrons. The maximum Gasteiger partial charge on any atom is 0.225 e. The summed E-state index contributed by atoms with van der Waals surface area (Å²) >= 11 is 0. The summed E-state index contributed by atoms with van der Waals surface area (Å²) in [5.74, 6) is 0.0576. The van der Waals surface area contributed by atoms with E-state index >= 15 is 0 Å². The van der Waals surface area contributed by atoms with E-state index in [-0.39, 0.29) is 16.9 Å². The van der Waals surface area contributed by atoms with Crippen molar-refractivity contribution in [2.45, 2.75) is 53.6 Å². The minimum Gasteiger partial charge on any atom is -0.380 e. The number of ether oxygens (including phenoxy) is 2. The van der Waals surface area contributed by atoms with Gasteiger partial charge in [-0.3, -0.25) is 4.79 Å². The molecule has 0 aliphatic heterocycles. The molecule has 0 rings (SSSR count). The molecule has 0 aliphatic carbocycles. The standard InChI is InChI=1S/C14H29NO3/c1-13(2,3)12(16)15-8-11-17-9-7-10-18-14(4,5)6/h7-11H2,1-6H3,(H,15,16). The summed E-state index contributed by atoms with van der Waals surface area (Å²) in [7, 11) is 0. The Labute approximate surface area is 111 Å². The minimum atomic E-state index is -0.333. The Morgan fingerprint density at radius 3 is 2.11 bits per heavy atom. The van der Waals surface area contributed by atoms with E-state index in [1.165, 1.54) is 0 Å². The van der Waals surface area contributed by atoms with Crippen LogP contribution in [0, 0.1) is 5.41 Å². The summed E-state index contributed by atoms with van der Waals surface area (Å²) in [5, 5.41) is 2.84. The maximum atomic E-state index is 11.5. The molecule has 0 saturated carbocycles. The highest BCUT2D eigenvalue weighted by molar-refractivity contribution is 5.81. The highest BCUT2D eigenvalue weighted by atomic mass is 16.5. The molecular weight excluding hydrogens is 230 g/mol. The molecule has 0 aromatic heterocycles. The molecule has 0 fully saturated rings. The van der Waals surface area contributed by atoms with Crippen LogP contribution >= 0.6 is 0 Å². The molecule has 0 saturated heterocycles. The van der Waals surface area contributed by atoms with E-state index in [1.807, 2.05) is 41.5 Å². The molecular formula is C14H29NO3. The number of rotatable bonds is 7. The lowest BCUT2D eigenvalue weighted by Gasteiger charge is -2.19. The predicted octanol–water partition coefficient (Wildman–Crippen LogP) is 2.37. The first-order chi connectivity index (χ1) is 8.13. The van der Waals surface area contributed by atoms with Crippen LogP contribution in [-0.4, -0.2) is 37.9 Å². The SMILES string of the molecule is CC(C)(C)OCCCOCCNC(=O)C(C)(C)C. The molecule has 0 aromatic carbocycles. The second kappa shape index (κ2) is 7.74. The first-order valence-corrected chi connectivity index (χ1v) is 6.63. The van der Waals surface area contributed by atoms with Gasteiger partial charge in [0.25, 0.3) is 0 Å². The molecule has 0 bridgehead atoms. The lowest BCUT2D eigenvalue weighted by atomic mass is 9.96. The second-order valence-corrected chi connectivity index (χ2v) is 6.43. The topological polar surface area (TPSA) is 47.6 Å². The molecule has 1 amide bonds. The average Bonchev–Trinajstić information content (AvgIpc) is 2.18. The number of carbonyl (C=O) groups is 1. The van der Waals surface area contributed by atoms with Gasteiger partial charge in [0.15, 0.2) is 0 Å². The molecule has 18 heavy (non-hydrogen) atoms. The first kappa shape index (κ1) is 17.4. The van der Waals surface area contributed by atoms with E-state index in [4.69, 9.17) is 9.47 Å². The van der Waals surface area contributed by atoms with Gasteiger partial charge in [-0.25, -0.2) is 0 Å². The van der Waals surface area contributed by atoms with Crippen molar-refractivity contribution in [2.75, 3.05) is 26.4 Å². The van der Waals surface area contributed by atoms with Crippen LogP contribution in [0.4, 0.5) is 0 Å². The van der Waals surface area contributed by atoms with Crippen LogP contribution in [0.15, 0.2) is 0 Å². The molecule has 108 valence electrons. The van der Waals surface area contributed by atoms with Crippen molar-refractivity contribution in [1.82, 2.24) is 5.32 Å². The van der Waals surface area contributed by atoms with E-state index in [0.717, 1.165) is 6.42 Å². The highest BCUT2D eigenvalue weighted by Gasteiger charge is 2.20. The second-order valence-electron chi connectivity index (χ2n) is 6.43. The van der Waals surface area contributed by atoms with Gasteiger partial charge < -0.3 is 14.8 Å². The van der Waals surface area contributed by atoms with Gasteiger partial charge >= 0.3 is 0 Å². The van der Waals surface area contributed by atoms with Crippen molar-refractivity contribution in [3.8, 4) is 0 Å². The lowest BCUT2D eigenvalue weighted by molar-refractivity contribution is -0.128. The van der Waals surface area contributed by atoms with Crippen molar-refractivity contribution in [3.63, 3.8) is 0 Å². The van der Waals surface area contributed by atoms with Crippen LogP contribution in [0.1, 0.15) is 48.0 Å². The average molecular weight is 259 g/mol. The zero-order chi connectivity index (χ0) is 14.2. The van der Waals surface area contributed by atoms with Crippen LogP contribution in [0.2, 0.25) is 0 Å². The largest absolute Gasteiger partial charge is 0.380 e. The summed E-state index contributed by atoms with van der Waals surface area (Å²) in [4.78, 5) is 11.5. The fourth-order valence-electron chi connectivity index (χ4n) is 1.14. The molecule has 4 nitrogen and oxygen atoms in total. The lowest BCUT2D eigenvalue weighted by Crippen LogP contribution is -2.36. The first-order valence-electron chi connectivity index (χ1n) is 6.63. The van der Waals surface area contributed by atoms with E-state index in [1.54, 1.807) is 0 Å². The van der Waals surface area contributed by atoms with Crippen LogP contribution < -0.4 is 5.32 Å².